The summed E-state index contributed by atoms with van der Waals surface area (Å²) in [4.78, 5) is 22.7. The smallest absolute Gasteiger partial charge is 0.326 e. The molecule has 5 heteroatoms. The molecular formula is C15H21NO4. The molecule has 0 saturated heterocycles. The third-order valence-electron chi connectivity index (χ3n) is 2.93. The minimum Gasteiger partial charge on any atom is -0.484 e. The Morgan fingerprint density at radius 3 is 2.60 bits per heavy atom. The summed E-state index contributed by atoms with van der Waals surface area (Å²) in [6, 6.07) is 6.58. The summed E-state index contributed by atoms with van der Waals surface area (Å²) in [5.41, 5.74) is 1.12. The first kappa shape index (κ1) is 16.0. The van der Waals surface area contributed by atoms with Crippen LogP contribution in [-0.4, -0.2) is 29.6 Å². The fraction of sp³-hybridized carbons (Fsp3) is 0.467. The SMILES string of the molecule is CCc1cccc(OCC(=O)N[C@@H](C(=O)O)C(C)C)c1. The molecule has 0 radical (unpaired) electrons. The second-order valence-corrected chi connectivity index (χ2v) is 4.92. The lowest BCUT2D eigenvalue weighted by Gasteiger charge is -2.18. The number of benzene rings is 1. The normalized spacial score (nSPS) is 12.0. The van der Waals surface area contributed by atoms with Crippen LogP contribution in [0.1, 0.15) is 26.3 Å². The van der Waals surface area contributed by atoms with Gasteiger partial charge in [0.1, 0.15) is 11.8 Å². The summed E-state index contributed by atoms with van der Waals surface area (Å²) in [5.74, 6) is -1.05. The monoisotopic (exact) mass is 279 g/mol. The highest BCUT2D eigenvalue weighted by Crippen LogP contribution is 2.13. The lowest BCUT2D eigenvalue weighted by Crippen LogP contribution is -2.46. The third-order valence-corrected chi connectivity index (χ3v) is 2.93. The van der Waals surface area contributed by atoms with Crippen molar-refractivity contribution in [3.05, 3.63) is 29.8 Å². The molecular weight excluding hydrogens is 258 g/mol. The number of nitrogens with one attached hydrogen (secondary N) is 1. The lowest BCUT2D eigenvalue weighted by atomic mass is 10.1. The van der Waals surface area contributed by atoms with E-state index < -0.39 is 17.9 Å². The number of carbonyl (C=O) groups excluding carboxylic acids is 1. The maximum absolute atomic E-state index is 11.7. The zero-order valence-electron chi connectivity index (χ0n) is 12.1. The van der Waals surface area contributed by atoms with Crippen molar-refractivity contribution >= 4 is 11.9 Å². The van der Waals surface area contributed by atoms with Crippen LogP contribution < -0.4 is 10.1 Å². The molecule has 0 aliphatic carbocycles. The summed E-state index contributed by atoms with van der Waals surface area (Å²) in [7, 11) is 0. The standard InChI is InChI=1S/C15H21NO4/c1-4-11-6-5-7-12(8-11)20-9-13(17)16-14(10(2)3)15(18)19/h5-8,10,14H,4,9H2,1-3H3,(H,16,17)(H,18,19)/t14-/m1/s1. The first-order valence-electron chi connectivity index (χ1n) is 6.68. The van der Waals surface area contributed by atoms with E-state index in [1.807, 2.05) is 25.1 Å². The van der Waals surface area contributed by atoms with Crippen LogP contribution in [-0.2, 0) is 16.0 Å². The molecule has 20 heavy (non-hydrogen) atoms. The van der Waals surface area contributed by atoms with Crippen molar-refractivity contribution in [1.82, 2.24) is 5.32 Å². The molecule has 2 N–H and O–H groups in total. The number of hydrogen-bond donors (Lipinski definition) is 2. The van der Waals surface area contributed by atoms with Crippen LogP contribution in [0.5, 0.6) is 5.75 Å². The number of carbonyl (C=O) groups is 2. The molecule has 0 heterocycles. The number of hydrogen-bond acceptors (Lipinski definition) is 3. The summed E-state index contributed by atoms with van der Waals surface area (Å²) >= 11 is 0. The average molecular weight is 279 g/mol. The molecule has 0 unspecified atom stereocenters. The van der Waals surface area contributed by atoms with Crippen LogP contribution >= 0.6 is 0 Å². The molecule has 1 atom stereocenters. The van der Waals surface area contributed by atoms with Crippen molar-refractivity contribution in [3.8, 4) is 5.75 Å². The number of carboxylic acid groups (broad SMARTS) is 1. The van der Waals surface area contributed by atoms with Gasteiger partial charge in [0.05, 0.1) is 0 Å². The van der Waals surface area contributed by atoms with E-state index in [0.717, 1.165) is 12.0 Å². The quantitative estimate of drug-likeness (QED) is 0.798. The summed E-state index contributed by atoms with van der Waals surface area (Å²) in [6.07, 6.45) is 0.887. The van der Waals surface area contributed by atoms with Gasteiger partial charge >= 0.3 is 5.97 Å². The van der Waals surface area contributed by atoms with Crippen LogP contribution in [0.15, 0.2) is 24.3 Å². The molecule has 0 aliphatic rings. The van der Waals surface area contributed by atoms with Crippen LogP contribution in [0.4, 0.5) is 0 Å². The van der Waals surface area contributed by atoms with Crippen molar-refractivity contribution in [3.63, 3.8) is 0 Å². The van der Waals surface area contributed by atoms with Gasteiger partial charge in [0, 0.05) is 0 Å². The highest BCUT2D eigenvalue weighted by atomic mass is 16.5. The fourth-order valence-corrected chi connectivity index (χ4v) is 1.73. The van der Waals surface area contributed by atoms with Crippen molar-refractivity contribution in [2.24, 2.45) is 5.92 Å². The molecule has 1 aromatic carbocycles. The van der Waals surface area contributed by atoms with Gasteiger partial charge in [0.15, 0.2) is 6.61 Å². The Morgan fingerprint density at radius 2 is 2.05 bits per heavy atom. The van der Waals surface area contributed by atoms with Crippen molar-refractivity contribution in [1.29, 1.82) is 0 Å². The summed E-state index contributed by atoms with van der Waals surface area (Å²) in [5, 5.41) is 11.4. The second-order valence-electron chi connectivity index (χ2n) is 4.92. The first-order chi connectivity index (χ1) is 9.43. The van der Waals surface area contributed by atoms with E-state index in [2.05, 4.69) is 5.32 Å². The Morgan fingerprint density at radius 1 is 1.35 bits per heavy atom. The third kappa shape index (κ3) is 4.91. The number of carboxylic acids is 1. The van der Waals surface area contributed by atoms with Crippen LogP contribution in [0.25, 0.3) is 0 Å². The van der Waals surface area contributed by atoms with Crippen LogP contribution in [0.2, 0.25) is 0 Å². The maximum Gasteiger partial charge on any atom is 0.326 e. The van der Waals surface area contributed by atoms with E-state index in [1.165, 1.54) is 0 Å². The summed E-state index contributed by atoms with van der Waals surface area (Å²) in [6.45, 7) is 5.32. The van der Waals surface area contributed by atoms with Gasteiger partial charge in [-0.05, 0) is 30.0 Å². The first-order valence-corrected chi connectivity index (χ1v) is 6.68. The molecule has 0 saturated carbocycles. The number of ether oxygens (including phenoxy) is 1. The molecule has 1 aromatic rings. The Balaban J connectivity index is 2.52. The fourth-order valence-electron chi connectivity index (χ4n) is 1.73. The zero-order chi connectivity index (χ0) is 15.1. The predicted octanol–water partition coefficient (Wildman–Crippen LogP) is 1.85. The zero-order valence-corrected chi connectivity index (χ0v) is 12.1. The van der Waals surface area contributed by atoms with Gasteiger partial charge in [0.25, 0.3) is 5.91 Å². The van der Waals surface area contributed by atoms with Gasteiger partial charge < -0.3 is 15.2 Å². The number of rotatable bonds is 7. The molecule has 0 spiro atoms. The highest BCUT2D eigenvalue weighted by Gasteiger charge is 2.23. The molecule has 0 bridgehead atoms. The van der Waals surface area contributed by atoms with E-state index in [-0.39, 0.29) is 12.5 Å². The van der Waals surface area contributed by atoms with Crippen molar-refractivity contribution in [2.45, 2.75) is 33.2 Å². The molecule has 110 valence electrons. The highest BCUT2D eigenvalue weighted by molar-refractivity contribution is 5.84. The molecule has 1 amide bonds. The Kier molecular flexibility index (Phi) is 6.03. The van der Waals surface area contributed by atoms with E-state index in [9.17, 15) is 9.59 Å². The van der Waals surface area contributed by atoms with E-state index >= 15 is 0 Å². The van der Waals surface area contributed by atoms with E-state index in [4.69, 9.17) is 9.84 Å². The van der Waals surface area contributed by atoms with Crippen LogP contribution in [0.3, 0.4) is 0 Å². The van der Waals surface area contributed by atoms with Gasteiger partial charge in [-0.1, -0.05) is 32.9 Å². The minimum atomic E-state index is -1.04. The van der Waals surface area contributed by atoms with Gasteiger partial charge in [-0.15, -0.1) is 0 Å². The number of amides is 1. The van der Waals surface area contributed by atoms with Gasteiger partial charge in [0.2, 0.25) is 0 Å². The average Bonchev–Trinajstić information content (AvgIpc) is 2.42. The Hall–Kier alpha value is -2.04. The molecule has 0 aromatic heterocycles. The molecule has 1 rings (SSSR count). The minimum absolute atomic E-state index is 0.181. The summed E-state index contributed by atoms with van der Waals surface area (Å²) < 4.78 is 5.37. The number of aryl methyl sites for hydroxylation is 1. The van der Waals surface area contributed by atoms with Crippen molar-refractivity contribution in [2.75, 3.05) is 6.61 Å². The number of aliphatic carboxylic acids is 1. The van der Waals surface area contributed by atoms with Gasteiger partial charge in [-0.2, -0.15) is 0 Å². The maximum atomic E-state index is 11.7. The van der Waals surface area contributed by atoms with E-state index in [1.54, 1.807) is 19.9 Å². The largest absolute Gasteiger partial charge is 0.484 e. The molecule has 0 fully saturated rings. The molecule has 5 nitrogen and oxygen atoms in total. The topological polar surface area (TPSA) is 75.6 Å². The van der Waals surface area contributed by atoms with Gasteiger partial charge in [-0.3, -0.25) is 4.79 Å². The Labute approximate surface area is 118 Å². The lowest BCUT2D eigenvalue weighted by molar-refractivity contribution is -0.143. The molecule has 0 aliphatic heterocycles. The van der Waals surface area contributed by atoms with Crippen molar-refractivity contribution < 1.29 is 19.4 Å². The predicted molar refractivity (Wildman–Crippen MR) is 75.7 cm³/mol. The second kappa shape index (κ2) is 7.53. The van der Waals surface area contributed by atoms with Gasteiger partial charge in [-0.25, -0.2) is 4.79 Å². The Bertz CT molecular complexity index is 471. The van der Waals surface area contributed by atoms with Crippen LogP contribution in [0, 0.1) is 5.92 Å². The van der Waals surface area contributed by atoms with E-state index in [0.29, 0.717) is 5.75 Å².